The van der Waals surface area contributed by atoms with Crippen molar-refractivity contribution in [3.05, 3.63) is 29.8 Å². The largest absolute Gasteiger partial charge is 0.323 e. The van der Waals surface area contributed by atoms with Gasteiger partial charge in [0.15, 0.2) is 0 Å². The predicted octanol–water partition coefficient (Wildman–Crippen LogP) is 2.08. The minimum absolute atomic E-state index is 0.00782. The average molecular weight is 202 g/mol. The van der Waals surface area contributed by atoms with Crippen LogP contribution in [0, 0.1) is 0 Å². The molecule has 0 aliphatic carbocycles. The Morgan fingerprint density at radius 2 is 2.13 bits per heavy atom. The second kappa shape index (κ2) is 3.95. The monoisotopic (exact) mass is 202 g/mol. The standard InChI is InChI=1S/C12H14N2O/c1-2-5-9(13)11-12(15)8-6-3-4-7-10(8)14-11/h3-4,6-7,9H,2,5,13H2,1H3/t9-/m0/s1. The zero-order chi connectivity index (χ0) is 10.8. The zero-order valence-corrected chi connectivity index (χ0v) is 8.73. The Labute approximate surface area is 89.0 Å². The lowest BCUT2D eigenvalue weighted by atomic mass is 10.0. The van der Waals surface area contributed by atoms with Crippen molar-refractivity contribution in [2.45, 2.75) is 25.8 Å². The molecular formula is C12H14N2O. The van der Waals surface area contributed by atoms with E-state index in [0.717, 1.165) is 18.5 Å². The summed E-state index contributed by atoms with van der Waals surface area (Å²) in [5.74, 6) is -0.00782. The Bertz CT molecular complexity index is 423. The van der Waals surface area contributed by atoms with Crippen molar-refractivity contribution in [2.75, 3.05) is 0 Å². The van der Waals surface area contributed by atoms with Gasteiger partial charge in [-0.3, -0.25) is 4.79 Å². The number of carbonyl (C=O) groups is 1. The van der Waals surface area contributed by atoms with Gasteiger partial charge >= 0.3 is 0 Å². The van der Waals surface area contributed by atoms with Crippen LogP contribution in [0.3, 0.4) is 0 Å². The molecule has 0 aromatic heterocycles. The highest BCUT2D eigenvalue weighted by molar-refractivity contribution is 6.51. The molecule has 0 bridgehead atoms. The number of hydrogen-bond acceptors (Lipinski definition) is 3. The number of ketones is 1. The van der Waals surface area contributed by atoms with Crippen molar-refractivity contribution in [3.8, 4) is 0 Å². The number of Topliss-reactive ketones (excluding diaryl/α,β-unsaturated/α-hetero) is 1. The SMILES string of the molecule is CCC[C@H](N)C1=Nc2ccccc2C1=O. The van der Waals surface area contributed by atoms with E-state index < -0.39 is 0 Å². The van der Waals surface area contributed by atoms with Crippen molar-refractivity contribution < 1.29 is 4.79 Å². The fourth-order valence-corrected chi connectivity index (χ4v) is 1.78. The molecule has 1 atom stereocenters. The molecule has 3 nitrogen and oxygen atoms in total. The van der Waals surface area contributed by atoms with E-state index >= 15 is 0 Å². The molecule has 0 saturated heterocycles. The minimum atomic E-state index is -0.227. The number of hydrogen-bond donors (Lipinski definition) is 1. The van der Waals surface area contributed by atoms with E-state index in [0.29, 0.717) is 11.3 Å². The predicted molar refractivity (Wildman–Crippen MR) is 60.8 cm³/mol. The van der Waals surface area contributed by atoms with Gasteiger partial charge in [0.1, 0.15) is 5.71 Å². The molecule has 0 spiro atoms. The van der Waals surface area contributed by atoms with E-state index in [2.05, 4.69) is 4.99 Å². The molecule has 0 radical (unpaired) electrons. The fourth-order valence-electron chi connectivity index (χ4n) is 1.78. The van der Waals surface area contributed by atoms with Gasteiger partial charge in [-0.1, -0.05) is 25.5 Å². The molecule has 1 aliphatic heterocycles. The molecule has 3 heteroatoms. The number of rotatable bonds is 3. The molecule has 1 heterocycles. The number of nitrogens with two attached hydrogens (primary N) is 1. The first-order valence-electron chi connectivity index (χ1n) is 5.22. The molecule has 0 fully saturated rings. The summed E-state index contributed by atoms with van der Waals surface area (Å²) in [5.41, 5.74) is 7.85. The van der Waals surface area contributed by atoms with E-state index in [4.69, 9.17) is 5.73 Å². The maximum absolute atomic E-state index is 11.9. The second-order valence-electron chi connectivity index (χ2n) is 3.74. The quantitative estimate of drug-likeness (QED) is 0.815. The van der Waals surface area contributed by atoms with Gasteiger partial charge in [-0.2, -0.15) is 0 Å². The third kappa shape index (κ3) is 1.70. The first-order valence-corrected chi connectivity index (χ1v) is 5.22. The van der Waals surface area contributed by atoms with Crippen LogP contribution in [0.5, 0.6) is 0 Å². The highest BCUT2D eigenvalue weighted by Gasteiger charge is 2.27. The van der Waals surface area contributed by atoms with Gasteiger partial charge in [-0.15, -0.1) is 0 Å². The summed E-state index contributed by atoms with van der Waals surface area (Å²) in [5, 5.41) is 0. The molecule has 0 amide bonds. The summed E-state index contributed by atoms with van der Waals surface area (Å²) in [7, 11) is 0. The van der Waals surface area contributed by atoms with Gasteiger partial charge in [0.25, 0.3) is 0 Å². The summed E-state index contributed by atoms with van der Waals surface area (Å²) in [4.78, 5) is 16.2. The molecule has 1 aromatic carbocycles. The molecule has 2 N–H and O–H groups in total. The van der Waals surface area contributed by atoms with E-state index in [1.54, 1.807) is 6.07 Å². The Morgan fingerprint density at radius 1 is 1.40 bits per heavy atom. The maximum Gasteiger partial charge on any atom is 0.211 e. The van der Waals surface area contributed by atoms with E-state index in [9.17, 15) is 4.79 Å². The number of aliphatic imine (C=N–C) groups is 1. The minimum Gasteiger partial charge on any atom is -0.323 e. The van der Waals surface area contributed by atoms with Gasteiger partial charge in [0.2, 0.25) is 5.78 Å². The van der Waals surface area contributed by atoms with Gasteiger partial charge in [-0.05, 0) is 18.6 Å². The Morgan fingerprint density at radius 3 is 2.80 bits per heavy atom. The van der Waals surface area contributed by atoms with Gasteiger partial charge in [-0.25, -0.2) is 4.99 Å². The summed E-state index contributed by atoms with van der Waals surface area (Å²) in [6.45, 7) is 2.05. The molecule has 78 valence electrons. The smallest absolute Gasteiger partial charge is 0.211 e. The van der Waals surface area contributed by atoms with Crippen LogP contribution >= 0.6 is 0 Å². The van der Waals surface area contributed by atoms with E-state index in [-0.39, 0.29) is 11.8 Å². The Balaban J connectivity index is 2.30. The summed E-state index contributed by atoms with van der Waals surface area (Å²) in [6, 6.07) is 7.14. The lowest BCUT2D eigenvalue weighted by Gasteiger charge is -2.07. The van der Waals surface area contributed by atoms with Gasteiger partial charge in [0, 0.05) is 5.56 Å². The molecule has 1 aromatic rings. The third-order valence-corrected chi connectivity index (χ3v) is 2.57. The van der Waals surface area contributed by atoms with E-state index in [1.807, 2.05) is 25.1 Å². The van der Waals surface area contributed by atoms with Crippen LogP contribution in [0.4, 0.5) is 5.69 Å². The molecule has 1 aliphatic rings. The van der Waals surface area contributed by atoms with Crippen molar-refractivity contribution in [2.24, 2.45) is 10.7 Å². The number of benzene rings is 1. The number of nitrogens with zero attached hydrogens (tertiary/aromatic N) is 1. The maximum atomic E-state index is 11.9. The summed E-state index contributed by atoms with van der Waals surface area (Å²) < 4.78 is 0. The summed E-state index contributed by atoms with van der Waals surface area (Å²) >= 11 is 0. The summed E-state index contributed by atoms with van der Waals surface area (Å²) in [6.07, 6.45) is 1.77. The Kier molecular flexibility index (Phi) is 2.64. The van der Waals surface area contributed by atoms with Crippen molar-refractivity contribution in [1.82, 2.24) is 0 Å². The zero-order valence-electron chi connectivity index (χ0n) is 8.73. The lowest BCUT2D eigenvalue weighted by Crippen LogP contribution is -2.34. The van der Waals surface area contributed by atoms with Crippen LogP contribution in [0.2, 0.25) is 0 Å². The topological polar surface area (TPSA) is 55.4 Å². The number of carbonyl (C=O) groups excluding carboxylic acids is 1. The van der Waals surface area contributed by atoms with Gasteiger partial charge < -0.3 is 5.73 Å². The van der Waals surface area contributed by atoms with Crippen LogP contribution < -0.4 is 5.73 Å². The van der Waals surface area contributed by atoms with Gasteiger partial charge in [0.05, 0.1) is 11.7 Å². The van der Waals surface area contributed by atoms with Crippen molar-refractivity contribution in [3.63, 3.8) is 0 Å². The van der Waals surface area contributed by atoms with Crippen LogP contribution in [0.15, 0.2) is 29.3 Å². The van der Waals surface area contributed by atoms with Crippen LogP contribution in [0.25, 0.3) is 0 Å². The first kappa shape index (κ1) is 10.1. The molecule has 2 rings (SSSR count). The molecular weight excluding hydrogens is 188 g/mol. The first-order chi connectivity index (χ1) is 7.24. The second-order valence-corrected chi connectivity index (χ2v) is 3.74. The van der Waals surface area contributed by atoms with E-state index in [1.165, 1.54) is 0 Å². The van der Waals surface area contributed by atoms with Crippen LogP contribution in [-0.4, -0.2) is 17.5 Å². The lowest BCUT2D eigenvalue weighted by molar-refractivity contribution is 0.106. The van der Waals surface area contributed by atoms with Crippen LogP contribution in [0.1, 0.15) is 30.1 Å². The molecule has 15 heavy (non-hydrogen) atoms. The third-order valence-electron chi connectivity index (χ3n) is 2.57. The number of fused-ring (bicyclic) bond motifs is 1. The molecule has 0 saturated carbocycles. The normalized spacial score (nSPS) is 16.1. The Hall–Kier alpha value is -1.48. The number of para-hydroxylation sites is 1. The fraction of sp³-hybridized carbons (Fsp3) is 0.333. The molecule has 0 unspecified atom stereocenters. The van der Waals surface area contributed by atoms with Crippen molar-refractivity contribution in [1.29, 1.82) is 0 Å². The average Bonchev–Trinajstić information content (AvgIpc) is 2.57. The van der Waals surface area contributed by atoms with Crippen molar-refractivity contribution >= 4 is 17.2 Å². The highest BCUT2D eigenvalue weighted by Crippen LogP contribution is 2.27. The van der Waals surface area contributed by atoms with Crippen LogP contribution in [-0.2, 0) is 0 Å². The highest BCUT2D eigenvalue weighted by atomic mass is 16.1.